The summed E-state index contributed by atoms with van der Waals surface area (Å²) in [6.45, 7) is 16.8. The Morgan fingerprint density at radius 1 is 0.333 bits per heavy atom. The van der Waals surface area contributed by atoms with Crippen LogP contribution in [0.4, 0.5) is 0 Å². The van der Waals surface area contributed by atoms with Gasteiger partial charge in [0, 0.05) is 19.6 Å². The molecule has 0 unspecified atom stereocenters. The standard InChI is InChI=1S/C45H63N3/c1-4-46(31-19-16-28-40-22-10-7-11-23-40)37-43-34-44(38-47(5-2)32-20-17-29-41-24-12-8-13-25-41)36-45(35-43)39-48(6-3)33-21-18-30-42-26-14-9-15-27-42/h7-15,22-27,34-36H,4-6,16-21,28-33,37-39H2,1-3H3. The number of benzene rings is 4. The predicted molar refractivity (Wildman–Crippen MR) is 207 cm³/mol. The van der Waals surface area contributed by atoms with Crippen molar-refractivity contribution < 1.29 is 0 Å². The van der Waals surface area contributed by atoms with E-state index in [1.807, 2.05) is 0 Å². The van der Waals surface area contributed by atoms with Gasteiger partial charge >= 0.3 is 0 Å². The molecule has 4 aromatic carbocycles. The van der Waals surface area contributed by atoms with Crippen molar-refractivity contribution in [2.24, 2.45) is 0 Å². The van der Waals surface area contributed by atoms with E-state index in [0.717, 1.165) is 58.9 Å². The fraction of sp³-hybridized carbons (Fsp3) is 0.467. The summed E-state index contributed by atoms with van der Waals surface area (Å²) in [6, 6.07) is 40.4. The van der Waals surface area contributed by atoms with Crippen LogP contribution >= 0.6 is 0 Å². The van der Waals surface area contributed by atoms with Crippen molar-refractivity contribution in [3.63, 3.8) is 0 Å². The van der Waals surface area contributed by atoms with Gasteiger partial charge in [-0.1, -0.05) is 130 Å². The van der Waals surface area contributed by atoms with Crippen LogP contribution < -0.4 is 0 Å². The quantitative estimate of drug-likeness (QED) is 0.0702. The normalized spacial score (nSPS) is 11.6. The SMILES string of the molecule is CCN(CCCCc1ccccc1)Cc1cc(CN(CC)CCCCc2ccccc2)cc(CN(CC)CCCCc2ccccc2)c1. The van der Waals surface area contributed by atoms with Crippen molar-refractivity contribution in [2.45, 2.75) is 98.2 Å². The van der Waals surface area contributed by atoms with Crippen LogP contribution in [0.15, 0.2) is 109 Å². The van der Waals surface area contributed by atoms with Crippen LogP contribution in [0, 0.1) is 0 Å². The highest BCUT2D eigenvalue weighted by molar-refractivity contribution is 5.30. The van der Waals surface area contributed by atoms with Gasteiger partial charge in [-0.25, -0.2) is 0 Å². The van der Waals surface area contributed by atoms with Crippen LogP contribution in [0.2, 0.25) is 0 Å². The van der Waals surface area contributed by atoms with E-state index in [-0.39, 0.29) is 0 Å². The molecule has 0 aliphatic carbocycles. The zero-order valence-corrected chi connectivity index (χ0v) is 30.5. The smallest absolute Gasteiger partial charge is 0.0233 e. The molecular weight excluding hydrogens is 583 g/mol. The molecule has 0 aromatic heterocycles. The Bertz CT molecular complexity index is 1190. The molecule has 0 heterocycles. The summed E-state index contributed by atoms with van der Waals surface area (Å²) in [4.78, 5) is 7.95. The molecule has 4 rings (SSSR count). The number of hydrogen-bond donors (Lipinski definition) is 0. The molecule has 3 heteroatoms. The topological polar surface area (TPSA) is 9.72 Å². The maximum atomic E-state index is 2.65. The molecule has 0 saturated heterocycles. The van der Waals surface area contributed by atoms with Crippen LogP contribution in [0.5, 0.6) is 0 Å². The molecule has 4 aromatic rings. The zero-order chi connectivity index (χ0) is 33.7. The lowest BCUT2D eigenvalue weighted by Crippen LogP contribution is -2.27. The Hall–Kier alpha value is -3.24. The number of rotatable bonds is 24. The molecular formula is C45H63N3. The summed E-state index contributed by atoms with van der Waals surface area (Å²) in [5, 5.41) is 0. The first-order valence-corrected chi connectivity index (χ1v) is 19.1. The third-order valence-electron chi connectivity index (χ3n) is 9.77. The summed E-state index contributed by atoms with van der Waals surface area (Å²) in [7, 11) is 0. The highest BCUT2D eigenvalue weighted by Crippen LogP contribution is 2.19. The minimum atomic E-state index is 1.04. The van der Waals surface area contributed by atoms with Gasteiger partial charge in [-0.3, -0.25) is 14.7 Å². The molecule has 0 aliphatic rings. The lowest BCUT2D eigenvalue weighted by molar-refractivity contribution is 0.265. The number of aryl methyl sites for hydroxylation is 3. The number of hydrogen-bond acceptors (Lipinski definition) is 3. The van der Waals surface area contributed by atoms with Crippen molar-refractivity contribution in [3.8, 4) is 0 Å². The molecule has 3 nitrogen and oxygen atoms in total. The van der Waals surface area contributed by atoms with Gasteiger partial charge in [0.25, 0.3) is 0 Å². The van der Waals surface area contributed by atoms with Crippen molar-refractivity contribution in [3.05, 3.63) is 143 Å². The van der Waals surface area contributed by atoms with Crippen molar-refractivity contribution in [1.29, 1.82) is 0 Å². The lowest BCUT2D eigenvalue weighted by atomic mass is 10.0. The second-order valence-electron chi connectivity index (χ2n) is 13.6. The van der Waals surface area contributed by atoms with Crippen molar-refractivity contribution in [1.82, 2.24) is 14.7 Å². The van der Waals surface area contributed by atoms with Gasteiger partial charge in [0.1, 0.15) is 0 Å². The molecule has 0 N–H and O–H groups in total. The van der Waals surface area contributed by atoms with E-state index in [0.29, 0.717) is 0 Å². The average molecular weight is 646 g/mol. The van der Waals surface area contributed by atoms with E-state index in [1.54, 1.807) is 0 Å². The van der Waals surface area contributed by atoms with Crippen molar-refractivity contribution in [2.75, 3.05) is 39.3 Å². The van der Waals surface area contributed by atoms with Gasteiger partial charge in [0.15, 0.2) is 0 Å². The van der Waals surface area contributed by atoms with Gasteiger partial charge in [0.2, 0.25) is 0 Å². The Morgan fingerprint density at radius 3 is 0.854 bits per heavy atom. The Morgan fingerprint density at radius 2 is 0.604 bits per heavy atom. The van der Waals surface area contributed by atoms with Gasteiger partial charge in [-0.05, 0) is 130 Å². The Balaban J connectivity index is 1.36. The molecule has 48 heavy (non-hydrogen) atoms. The first-order valence-electron chi connectivity index (χ1n) is 19.1. The largest absolute Gasteiger partial charge is 0.299 e. The second-order valence-corrected chi connectivity index (χ2v) is 13.6. The van der Waals surface area contributed by atoms with Crippen LogP contribution in [-0.2, 0) is 38.9 Å². The van der Waals surface area contributed by atoms with Gasteiger partial charge < -0.3 is 0 Å². The van der Waals surface area contributed by atoms with E-state index < -0.39 is 0 Å². The van der Waals surface area contributed by atoms with Crippen molar-refractivity contribution >= 4 is 0 Å². The van der Waals surface area contributed by atoms with E-state index in [1.165, 1.54) is 91.2 Å². The third kappa shape index (κ3) is 14.5. The molecule has 0 spiro atoms. The van der Waals surface area contributed by atoms with Crippen LogP contribution in [-0.4, -0.2) is 54.0 Å². The third-order valence-corrected chi connectivity index (χ3v) is 9.77. The van der Waals surface area contributed by atoms with E-state index in [4.69, 9.17) is 0 Å². The van der Waals surface area contributed by atoms with E-state index in [2.05, 4.69) is 145 Å². The zero-order valence-electron chi connectivity index (χ0n) is 30.5. The van der Waals surface area contributed by atoms with Gasteiger partial charge in [-0.2, -0.15) is 0 Å². The first-order chi connectivity index (χ1) is 23.6. The molecule has 0 fully saturated rings. The molecule has 0 saturated carbocycles. The van der Waals surface area contributed by atoms with E-state index in [9.17, 15) is 0 Å². The Kier molecular flexibility index (Phi) is 17.5. The van der Waals surface area contributed by atoms with Crippen LogP contribution in [0.25, 0.3) is 0 Å². The van der Waals surface area contributed by atoms with Crippen LogP contribution in [0.3, 0.4) is 0 Å². The molecule has 258 valence electrons. The molecule has 0 atom stereocenters. The minimum absolute atomic E-state index is 1.04. The molecule has 0 bridgehead atoms. The number of nitrogens with zero attached hydrogens (tertiary/aromatic N) is 3. The molecule has 0 radical (unpaired) electrons. The summed E-state index contributed by atoms with van der Waals surface area (Å²) < 4.78 is 0. The minimum Gasteiger partial charge on any atom is -0.299 e. The summed E-state index contributed by atoms with van der Waals surface area (Å²) in [6.07, 6.45) is 11.0. The van der Waals surface area contributed by atoms with Crippen LogP contribution in [0.1, 0.15) is 92.7 Å². The highest BCUT2D eigenvalue weighted by atomic mass is 15.1. The van der Waals surface area contributed by atoms with Gasteiger partial charge in [0.05, 0.1) is 0 Å². The summed E-state index contributed by atoms with van der Waals surface area (Å²) >= 11 is 0. The molecule has 0 aliphatic heterocycles. The second kappa shape index (κ2) is 22.4. The maximum Gasteiger partial charge on any atom is 0.0233 e. The number of unbranched alkanes of at least 4 members (excludes halogenated alkanes) is 3. The fourth-order valence-electron chi connectivity index (χ4n) is 6.86. The molecule has 0 amide bonds. The monoisotopic (exact) mass is 646 g/mol. The average Bonchev–Trinajstić information content (AvgIpc) is 3.13. The Labute approximate surface area is 294 Å². The van der Waals surface area contributed by atoms with E-state index >= 15 is 0 Å². The lowest BCUT2D eigenvalue weighted by Gasteiger charge is -2.25. The predicted octanol–water partition coefficient (Wildman–Crippen LogP) is 10.2. The first kappa shape index (κ1) is 37.6. The summed E-state index contributed by atoms with van der Waals surface area (Å²) in [5.41, 5.74) is 8.81. The fourth-order valence-corrected chi connectivity index (χ4v) is 6.86. The highest BCUT2D eigenvalue weighted by Gasteiger charge is 2.12. The summed E-state index contributed by atoms with van der Waals surface area (Å²) in [5.74, 6) is 0. The van der Waals surface area contributed by atoms with Gasteiger partial charge in [-0.15, -0.1) is 0 Å². The maximum absolute atomic E-state index is 2.65.